The van der Waals surface area contributed by atoms with E-state index in [1.165, 1.54) is 0 Å². The summed E-state index contributed by atoms with van der Waals surface area (Å²) in [6, 6.07) is 7.70. The van der Waals surface area contributed by atoms with Gasteiger partial charge in [-0.2, -0.15) is 0 Å². The molecule has 5 heteroatoms. The minimum Gasteiger partial charge on any atom is -0.378 e. The second-order valence-electron chi connectivity index (χ2n) is 4.36. The maximum atomic E-state index is 12.0. The maximum Gasteiger partial charge on any atom is 0.240 e. The molecule has 1 aliphatic heterocycles. The zero-order valence-corrected chi connectivity index (χ0v) is 11.9. The van der Waals surface area contributed by atoms with Crippen LogP contribution in [0.5, 0.6) is 0 Å². The molecule has 0 aliphatic carbocycles. The lowest BCUT2D eigenvalue weighted by Gasteiger charge is -2.25. The van der Waals surface area contributed by atoms with E-state index in [-0.39, 0.29) is 18.0 Å². The molecule has 1 aromatic rings. The number of ether oxygens (including phenoxy) is 1. The highest BCUT2D eigenvalue weighted by molar-refractivity contribution is 9.10. The average Bonchev–Trinajstić information content (AvgIpc) is 2.40. The topological polar surface area (TPSA) is 50.4 Å². The molecule has 98 valence electrons. The van der Waals surface area contributed by atoms with E-state index in [0.717, 1.165) is 16.6 Å². The molecule has 1 heterocycles. The number of rotatable bonds is 3. The Balaban J connectivity index is 1.91. The number of benzene rings is 1. The van der Waals surface area contributed by atoms with E-state index < -0.39 is 0 Å². The lowest BCUT2D eigenvalue weighted by molar-refractivity contribution is -0.126. The quantitative estimate of drug-likeness (QED) is 0.891. The van der Waals surface area contributed by atoms with Gasteiger partial charge in [-0.25, -0.2) is 0 Å². The average molecular weight is 313 g/mol. The van der Waals surface area contributed by atoms with Crippen LogP contribution in [0.3, 0.4) is 0 Å². The number of morpholine rings is 1. The summed E-state index contributed by atoms with van der Waals surface area (Å²) in [6.07, 6.45) is 0. The van der Waals surface area contributed by atoms with E-state index in [9.17, 15) is 4.79 Å². The van der Waals surface area contributed by atoms with Crippen molar-refractivity contribution >= 4 is 21.8 Å². The van der Waals surface area contributed by atoms with Crippen molar-refractivity contribution in [3.05, 3.63) is 34.3 Å². The molecule has 2 atom stereocenters. The minimum absolute atomic E-state index is 0.00525. The van der Waals surface area contributed by atoms with Crippen LogP contribution in [-0.2, 0) is 9.53 Å². The lowest BCUT2D eigenvalue weighted by atomic mass is 10.1. The van der Waals surface area contributed by atoms with Crippen LogP contribution in [0.25, 0.3) is 0 Å². The number of halogens is 1. The Bertz CT molecular complexity index is 402. The smallest absolute Gasteiger partial charge is 0.240 e. The number of amides is 1. The molecule has 1 saturated heterocycles. The van der Waals surface area contributed by atoms with Crippen LogP contribution in [0, 0.1) is 0 Å². The summed E-state index contributed by atoms with van der Waals surface area (Å²) in [7, 11) is 0. The predicted octanol–water partition coefficient (Wildman–Crippen LogP) is 1.61. The number of hydrogen-bond acceptors (Lipinski definition) is 3. The zero-order chi connectivity index (χ0) is 13.0. The minimum atomic E-state index is -0.239. The van der Waals surface area contributed by atoms with Gasteiger partial charge in [-0.05, 0) is 24.6 Å². The summed E-state index contributed by atoms with van der Waals surface area (Å²) in [5.41, 5.74) is 1.09. The number of nitrogens with one attached hydrogen (secondary N) is 2. The van der Waals surface area contributed by atoms with Crippen LogP contribution >= 0.6 is 15.9 Å². The van der Waals surface area contributed by atoms with E-state index in [1.54, 1.807) is 0 Å². The van der Waals surface area contributed by atoms with Gasteiger partial charge < -0.3 is 15.4 Å². The van der Waals surface area contributed by atoms with Crippen molar-refractivity contribution in [2.24, 2.45) is 0 Å². The molecule has 0 spiro atoms. The normalized spacial score (nSPS) is 21.3. The third-order valence-electron chi connectivity index (χ3n) is 2.97. The molecule has 0 radical (unpaired) electrons. The second-order valence-corrected chi connectivity index (χ2v) is 5.28. The first-order chi connectivity index (χ1) is 8.66. The predicted molar refractivity (Wildman–Crippen MR) is 73.3 cm³/mol. The highest BCUT2D eigenvalue weighted by Gasteiger charge is 2.22. The molecule has 4 nitrogen and oxygen atoms in total. The van der Waals surface area contributed by atoms with E-state index in [0.29, 0.717) is 13.2 Å². The van der Waals surface area contributed by atoms with Crippen LogP contribution in [0.15, 0.2) is 28.7 Å². The fourth-order valence-corrected chi connectivity index (χ4v) is 2.15. The molecule has 1 unspecified atom stereocenters. The molecule has 1 fully saturated rings. The molecule has 0 aromatic heterocycles. The standard InChI is InChI=1S/C13H17BrN2O2/c1-9(10-2-4-11(14)5-3-10)16-13(17)12-8-18-7-6-15-12/h2-5,9,12,15H,6-8H2,1H3,(H,16,17)/t9-,12?/m1/s1. The summed E-state index contributed by atoms with van der Waals surface area (Å²) in [5, 5.41) is 6.13. The largest absolute Gasteiger partial charge is 0.378 e. The summed E-state index contributed by atoms with van der Waals surface area (Å²) >= 11 is 3.39. The third-order valence-corrected chi connectivity index (χ3v) is 3.50. The van der Waals surface area contributed by atoms with Crippen LogP contribution in [-0.4, -0.2) is 31.7 Å². The van der Waals surface area contributed by atoms with Crippen LogP contribution < -0.4 is 10.6 Å². The van der Waals surface area contributed by atoms with Crippen LogP contribution in [0.1, 0.15) is 18.5 Å². The Labute approximate surface area is 115 Å². The van der Waals surface area contributed by atoms with E-state index in [4.69, 9.17) is 4.74 Å². The van der Waals surface area contributed by atoms with Gasteiger partial charge in [0.2, 0.25) is 5.91 Å². The van der Waals surface area contributed by atoms with Crippen LogP contribution in [0.2, 0.25) is 0 Å². The first-order valence-electron chi connectivity index (χ1n) is 6.04. The molecule has 2 N–H and O–H groups in total. The van der Waals surface area contributed by atoms with E-state index in [2.05, 4.69) is 26.6 Å². The summed E-state index contributed by atoms with van der Waals surface area (Å²) in [4.78, 5) is 12.0. The van der Waals surface area contributed by atoms with Crippen molar-refractivity contribution in [2.45, 2.75) is 19.0 Å². The molecule has 18 heavy (non-hydrogen) atoms. The van der Waals surface area contributed by atoms with Gasteiger partial charge in [0.1, 0.15) is 6.04 Å². The van der Waals surface area contributed by atoms with Crippen molar-refractivity contribution in [2.75, 3.05) is 19.8 Å². The first-order valence-corrected chi connectivity index (χ1v) is 6.83. The lowest BCUT2D eigenvalue weighted by Crippen LogP contribution is -2.51. The molecule has 1 aliphatic rings. The van der Waals surface area contributed by atoms with Crippen molar-refractivity contribution in [1.82, 2.24) is 10.6 Å². The first kappa shape index (κ1) is 13.5. The van der Waals surface area contributed by atoms with Crippen molar-refractivity contribution in [3.63, 3.8) is 0 Å². The molecular weight excluding hydrogens is 296 g/mol. The van der Waals surface area contributed by atoms with E-state index >= 15 is 0 Å². The summed E-state index contributed by atoms with van der Waals surface area (Å²) in [5.74, 6) is -0.00915. The Morgan fingerprint density at radius 3 is 2.83 bits per heavy atom. The second kappa shape index (κ2) is 6.31. The molecule has 0 bridgehead atoms. The van der Waals surface area contributed by atoms with Crippen molar-refractivity contribution in [3.8, 4) is 0 Å². The van der Waals surface area contributed by atoms with Gasteiger partial charge in [-0.1, -0.05) is 28.1 Å². The Kier molecular flexibility index (Phi) is 4.74. The Morgan fingerprint density at radius 1 is 1.50 bits per heavy atom. The van der Waals surface area contributed by atoms with Gasteiger partial charge in [-0.3, -0.25) is 4.79 Å². The van der Waals surface area contributed by atoms with Gasteiger partial charge in [0.25, 0.3) is 0 Å². The molecule has 1 aromatic carbocycles. The monoisotopic (exact) mass is 312 g/mol. The molecule has 2 rings (SSSR count). The fraction of sp³-hybridized carbons (Fsp3) is 0.462. The summed E-state index contributed by atoms with van der Waals surface area (Å²) < 4.78 is 6.31. The van der Waals surface area contributed by atoms with Gasteiger partial charge in [0, 0.05) is 11.0 Å². The van der Waals surface area contributed by atoms with Gasteiger partial charge in [0.15, 0.2) is 0 Å². The van der Waals surface area contributed by atoms with Gasteiger partial charge >= 0.3 is 0 Å². The highest BCUT2D eigenvalue weighted by atomic mass is 79.9. The highest BCUT2D eigenvalue weighted by Crippen LogP contribution is 2.16. The number of hydrogen-bond donors (Lipinski definition) is 2. The SMILES string of the molecule is C[C@@H](NC(=O)C1COCCN1)c1ccc(Br)cc1. The number of carbonyl (C=O) groups excluding carboxylic acids is 1. The zero-order valence-electron chi connectivity index (χ0n) is 10.3. The van der Waals surface area contributed by atoms with Crippen molar-refractivity contribution < 1.29 is 9.53 Å². The Morgan fingerprint density at radius 2 is 2.22 bits per heavy atom. The van der Waals surface area contributed by atoms with Gasteiger partial charge in [0.05, 0.1) is 19.3 Å². The van der Waals surface area contributed by atoms with Gasteiger partial charge in [-0.15, -0.1) is 0 Å². The van der Waals surface area contributed by atoms with Crippen LogP contribution in [0.4, 0.5) is 0 Å². The molecule has 0 saturated carbocycles. The fourth-order valence-electron chi connectivity index (χ4n) is 1.88. The molecule has 1 amide bonds. The maximum absolute atomic E-state index is 12.0. The Hall–Kier alpha value is -0.910. The van der Waals surface area contributed by atoms with E-state index in [1.807, 2.05) is 31.2 Å². The summed E-state index contributed by atoms with van der Waals surface area (Å²) in [6.45, 7) is 3.82. The number of carbonyl (C=O) groups is 1. The third kappa shape index (κ3) is 3.54. The molecular formula is C13H17BrN2O2. The van der Waals surface area contributed by atoms with Crippen molar-refractivity contribution in [1.29, 1.82) is 0 Å².